The molecule has 0 spiro atoms. The van der Waals surface area contributed by atoms with E-state index < -0.39 is 0 Å². The molecule has 0 saturated carbocycles. The van der Waals surface area contributed by atoms with E-state index in [4.69, 9.17) is 9.47 Å². The third kappa shape index (κ3) is 5.78. The Kier molecular flexibility index (Phi) is 9.22. The van der Waals surface area contributed by atoms with E-state index in [-0.39, 0.29) is 24.0 Å². The second-order valence-electron chi connectivity index (χ2n) is 6.58. The summed E-state index contributed by atoms with van der Waals surface area (Å²) in [5.41, 5.74) is 3.10. The van der Waals surface area contributed by atoms with E-state index in [2.05, 4.69) is 37.3 Å². The fraction of sp³-hybridized carbons (Fsp3) is 0.364. The SMILES string of the molecule is CCOc1cc(NC(=NC)NCCCn2c(C)nc3ccccc32)ccc1OC.I. The van der Waals surface area contributed by atoms with Crippen LogP contribution in [0.1, 0.15) is 19.2 Å². The van der Waals surface area contributed by atoms with Crippen LogP contribution in [0, 0.1) is 6.92 Å². The van der Waals surface area contributed by atoms with Gasteiger partial charge in [-0.25, -0.2) is 4.98 Å². The molecule has 30 heavy (non-hydrogen) atoms. The normalized spacial score (nSPS) is 11.1. The number of hydrogen-bond donors (Lipinski definition) is 2. The van der Waals surface area contributed by atoms with Crippen LogP contribution in [0.5, 0.6) is 11.5 Å². The number of guanidine groups is 1. The molecule has 0 bridgehead atoms. The number of aromatic nitrogens is 2. The Morgan fingerprint density at radius 2 is 1.97 bits per heavy atom. The van der Waals surface area contributed by atoms with Gasteiger partial charge in [0.25, 0.3) is 0 Å². The van der Waals surface area contributed by atoms with Gasteiger partial charge in [-0.05, 0) is 44.5 Å². The van der Waals surface area contributed by atoms with Crippen LogP contribution in [0.25, 0.3) is 11.0 Å². The summed E-state index contributed by atoms with van der Waals surface area (Å²) in [4.78, 5) is 8.93. The molecule has 0 aliphatic carbocycles. The lowest BCUT2D eigenvalue weighted by atomic mass is 10.2. The Balaban J connectivity index is 0.00000320. The molecule has 0 aliphatic rings. The molecule has 0 unspecified atom stereocenters. The maximum Gasteiger partial charge on any atom is 0.195 e. The summed E-state index contributed by atoms with van der Waals surface area (Å²) in [6.45, 7) is 6.27. The van der Waals surface area contributed by atoms with Crippen molar-refractivity contribution in [2.24, 2.45) is 4.99 Å². The third-order valence-electron chi connectivity index (χ3n) is 4.65. The van der Waals surface area contributed by atoms with Crippen molar-refractivity contribution in [3.63, 3.8) is 0 Å². The van der Waals surface area contributed by atoms with Crippen molar-refractivity contribution in [2.75, 3.05) is 32.6 Å². The van der Waals surface area contributed by atoms with Gasteiger partial charge in [0.15, 0.2) is 17.5 Å². The Labute approximate surface area is 194 Å². The Morgan fingerprint density at radius 3 is 2.70 bits per heavy atom. The first-order valence-electron chi connectivity index (χ1n) is 9.86. The number of fused-ring (bicyclic) bond motifs is 1. The van der Waals surface area contributed by atoms with Crippen LogP contribution >= 0.6 is 24.0 Å². The third-order valence-corrected chi connectivity index (χ3v) is 4.65. The van der Waals surface area contributed by atoms with Crippen LogP contribution in [0.4, 0.5) is 5.69 Å². The summed E-state index contributed by atoms with van der Waals surface area (Å²) in [5, 5.41) is 6.66. The highest BCUT2D eigenvalue weighted by molar-refractivity contribution is 14.0. The molecule has 162 valence electrons. The van der Waals surface area contributed by atoms with Crippen LogP contribution in [0.2, 0.25) is 0 Å². The minimum Gasteiger partial charge on any atom is -0.493 e. The summed E-state index contributed by atoms with van der Waals surface area (Å²) < 4.78 is 13.2. The summed E-state index contributed by atoms with van der Waals surface area (Å²) in [7, 11) is 3.40. The van der Waals surface area contributed by atoms with E-state index >= 15 is 0 Å². The number of methoxy groups -OCH3 is 1. The molecule has 3 aromatic rings. The molecule has 1 heterocycles. The molecule has 0 saturated heterocycles. The second kappa shape index (κ2) is 11.6. The highest BCUT2D eigenvalue weighted by Crippen LogP contribution is 2.30. The van der Waals surface area contributed by atoms with Gasteiger partial charge < -0.3 is 24.7 Å². The number of anilines is 1. The number of hydrogen-bond acceptors (Lipinski definition) is 4. The maximum atomic E-state index is 5.64. The van der Waals surface area contributed by atoms with Crippen LogP contribution in [-0.2, 0) is 6.54 Å². The van der Waals surface area contributed by atoms with Crippen molar-refractivity contribution in [1.82, 2.24) is 14.9 Å². The first-order valence-corrected chi connectivity index (χ1v) is 9.86. The highest BCUT2D eigenvalue weighted by Gasteiger charge is 2.08. The van der Waals surface area contributed by atoms with Crippen LogP contribution in [0.15, 0.2) is 47.5 Å². The minimum atomic E-state index is 0. The number of aliphatic imine (C=N–C) groups is 1. The van der Waals surface area contributed by atoms with Crippen LogP contribution < -0.4 is 20.1 Å². The van der Waals surface area contributed by atoms with Gasteiger partial charge in [0, 0.05) is 31.9 Å². The average molecular weight is 523 g/mol. The number of nitrogens with zero attached hydrogens (tertiary/aromatic N) is 3. The fourth-order valence-corrected chi connectivity index (χ4v) is 3.26. The Hall–Kier alpha value is -2.49. The van der Waals surface area contributed by atoms with Crippen molar-refractivity contribution >= 4 is 46.7 Å². The van der Waals surface area contributed by atoms with Crippen molar-refractivity contribution in [3.05, 3.63) is 48.3 Å². The molecule has 0 radical (unpaired) electrons. The van der Waals surface area contributed by atoms with Crippen LogP contribution in [-0.4, -0.2) is 42.8 Å². The van der Waals surface area contributed by atoms with E-state index in [1.54, 1.807) is 14.2 Å². The first kappa shape index (κ1) is 23.8. The van der Waals surface area contributed by atoms with Crippen molar-refractivity contribution in [1.29, 1.82) is 0 Å². The van der Waals surface area contributed by atoms with Gasteiger partial charge in [-0.15, -0.1) is 24.0 Å². The van der Waals surface area contributed by atoms with Gasteiger partial charge in [0.05, 0.1) is 24.8 Å². The lowest BCUT2D eigenvalue weighted by molar-refractivity contribution is 0.311. The van der Waals surface area contributed by atoms with Crippen molar-refractivity contribution in [2.45, 2.75) is 26.8 Å². The number of benzene rings is 2. The van der Waals surface area contributed by atoms with Gasteiger partial charge in [-0.1, -0.05) is 12.1 Å². The lowest BCUT2D eigenvalue weighted by Gasteiger charge is -2.15. The molecule has 0 aliphatic heterocycles. The zero-order valence-corrected chi connectivity index (χ0v) is 20.3. The molecule has 0 fully saturated rings. The molecule has 7 nitrogen and oxygen atoms in total. The Morgan fingerprint density at radius 1 is 1.17 bits per heavy atom. The molecule has 3 rings (SSSR count). The van der Waals surface area contributed by atoms with Gasteiger partial charge in [-0.3, -0.25) is 4.99 Å². The highest BCUT2D eigenvalue weighted by atomic mass is 127. The van der Waals surface area contributed by atoms with E-state index in [9.17, 15) is 0 Å². The molecular formula is C22H30IN5O2. The number of aryl methyl sites for hydroxylation is 2. The average Bonchev–Trinajstić information content (AvgIpc) is 3.05. The maximum absolute atomic E-state index is 5.64. The largest absolute Gasteiger partial charge is 0.493 e. The zero-order chi connectivity index (χ0) is 20.6. The predicted molar refractivity (Wildman–Crippen MR) is 134 cm³/mol. The number of rotatable bonds is 8. The van der Waals surface area contributed by atoms with E-state index in [0.717, 1.165) is 36.5 Å². The van der Waals surface area contributed by atoms with Crippen LogP contribution in [0.3, 0.4) is 0 Å². The fourth-order valence-electron chi connectivity index (χ4n) is 3.26. The standard InChI is InChI=1S/C22H29N5O2.HI/c1-5-29-21-15-17(11-12-20(21)28-4)26-22(23-3)24-13-8-14-27-16(2)25-18-9-6-7-10-19(18)27;/h6-7,9-12,15H,5,8,13-14H2,1-4H3,(H2,23,24,26);1H. The number of para-hydroxylation sites is 2. The van der Waals surface area contributed by atoms with Gasteiger partial charge in [0.2, 0.25) is 0 Å². The predicted octanol–water partition coefficient (Wildman–Crippen LogP) is 4.45. The smallest absolute Gasteiger partial charge is 0.195 e. The zero-order valence-electron chi connectivity index (χ0n) is 17.9. The summed E-state index contributed by atoms with van der Waals surface area (Å²) in [5.74, 6) is 3.17. The van der Waals surface area contributed by atoms with Gasteiger partial charge in [-0.2, -0.15) is 0 Å². The quantitative estimate of drug-likeness (QED) is 0.198. The van der Waals surface area contributed by atoms with Crippen molar-refractivity contribution in [3.8, 4) is 11.5 Å². The molecule has 2 aromatic carbocycles. The van der Waals surface area contributed by atoms with Crippen molar-refractivity contribution < 1.29 is 9.47 Å². The van der Waals surface area contributed by atoms with E-state index in [1.807, 2.05) is 44.2 Å². The van der Waals surface area contributed by atoms with E-state index in [1.165, 1.54) is 5.52 Å². The summed E-state index contributed by atoms with van der Waals surface area (Å²) in [6, 6.07) is 14.0. The number of imidazole rings is 1. The minimum absolute atomic E-state index is 0. The Bertz CT molecular complexity index is 987. The topological polar surface area (TPSA) is 72.7 Å². The second-order valence-corrected chi connectivity index (χ2v) is 6.58. The van der Waals surface area contributed by atoms with Gasteiger partial charge >= 0.3 is 0 Å². The summed E-state index contributed by atoms with van der Waals surface area (Å²) >= 11 is 0. The number of nitrogens with one attached hydrogen (secondary N) is 2. The number of ether oxygens (including phenoxy) is 2. The molecule has 1 aromatic heterocycles. The monoisotopic (exact) mass is 523 g/mol. The molecule has 0 atom stereocenters. The summed E-state index contributed by atoms with van der Waals surface area (Å²) in [6.07, 6.45) is 0.953. The van der Waals surface area contributed by atoms with E-state index in [0.29, 0.717) is 24.1 Å². The molecule has 0 amide bonds. The lowest BCUT2D eigenvalue weighted by Crippen LogP contribution is -2.31. The first-order chi connectivity index (χ1) is 14.2. The molecule has 8 heteroatoms. The van der Waals surface area contributed by atoms with Gasteiger partial charge in [0.1, 0.15) is 5.82 Å². The number of halogens is 1. The molecule has 2 N–H and O–H groups in total. The molecular weight excluding hydrogens is 493 g/mol.